The summed E-state index contributed by atoms with van der Waals surface area (Å²) < 4.78 is 0. The van der Waals surface area contributed by atoms with Crippen molar-refractivity contribution in [2.45, 2.75) is 19.4 Å². The number of piperidine rings is 1. The lowest BCUT2D eigenvalue weighted by Crippen LogP contribution is -2.42. The first-order chi connectivity index (χ1) is 12.2. The van der Waals surface area contributed by atoms with Crippen LogP contribution in [0.25, 0.3) is 6.08 Å². The number of benzene rings is 1. The Bertz CT molecular complexity index is 717. The van der Waals surface area contributed by atoms with Crippen LogP contribution in [0.3, 0.4) is 0 Å². The summed E-state index contributed by atoms with van der Waals surface area (Å²) in [4.78, 5) is 27.5. The molecule has 2 amide bonds. The summed E-state index contributed by atoms with van der Waals surface area (Å²) in [5.74, 6) is 0.115. The van der Waals surface area contributed by atoms with E-state index < -0.39 is 0 Å². The molecule has 3 rings (SSSR count). The molecular formula is C20H22N2O2S. The van der Waals surface area contributed by atoms with Gasteiger partial charge in [0.05, 0.1) is 6.54 Å². The fourth-order valence-electron chi connectivity index (χ4n) is 2.93. The first kappa shape index (κ1) is 17.4. The predicted molar refractivity (Wildman–Crippen MR) is 101 cm³/mol. The van der Waals surface area contributed by atoms with E-state index in [1.165, 1.54) is 0 Å². The lowest BCUT2D eigenvalue weighted by molar-refractivity contribution is -0.132. The summed E-state index contributed by atoms with van der Waals surface area (Å²) in [6, 6.07) is 13.8. The highest BCUT2D eigenvalue weighted by atomic mass is 32.1. The van der Waals surface area contributed by atoms with Crippen LogP contribution < -0.4 is 5.32 Å². The van der Waals surface area contributed by atoms with E-state index in [1.54, 1.807) is 17.4 Å². The van der Waals surface area contributed by atoms with Crippen molar-refractivity contribution in [3.05, 3.63) is 64.4 Å². The average Bonchev–Trinajstić information content (AvgIpc) is 3.19. The molecule has 25 heavy (non-hydrogen) atoms. The Hall–Kier alpha value is -2.40. The standard InChI is InChI=1S/C20H22N2O2S/c23-19(9-8-16-5-2-1-3-6-16)22-12-10-17(11-13-22)20(24)21-15-18-7-4-14-25-18/h1-9,14,17H,10-13,15H2,(H,21,24). The number of likely N-dealkylation sites (tertiary alicyclic amines) is 1. The number of thiophene rings is 1. The normalized spacial score (nSPS) is 15.4. The van der Waals surface area contributed by atoms with Crippen molar-refractivity contribution in [2.24, 2.45) is 5.92 Å². The maximum atomic E-state index is 12.3. The van der Waals surface area contributed by atoms with Gasteiger partial charge in [0.2, 0.25) is 11.8 Å². The minimum absolute atomic E-state index is 0.00196. The molecule has 1 aliphatic heterocycles. The van der Waals surface area contributed by atoms with Gasteiger partial charge in [-0.2, -0.15) is 0 Å². The number of nitrogens with one attached hydrogen (secondary N) is 1. The minimum Gasteiger partial charge on any atom is -0.351 e. The Labute approximate surface area is 152 Å². The Balaban J connectivity index is 1.44. The van der Waals surface area contributed by atoms with E-state index >= 15 is 0 Å². The summed E-state index contributed by atoms with van der Waals surface area (Å²) in [5.41, 5.74) is 1.01. The van der Waals surface area contributed by atoms with Gasteiger partial charge in [-0.15, -0.1) is 11.3 Å². The average molecular weight is 354 g/mol. The van der Waals surface area contributed by atoms with Crippen LogP contribution >= 0.6 is 11.3 Å². The van der Waals surface area contributed by atoms with Gasteiger partial charge in [0, 0.05) is 30.0 Å². The molecule has 0 radical (unpaired) electrons. The SMILES string of the molecule is O=C(NCc1cccs1)C1CCN(C(=O)C=Cc2ccccc2)CC1. The van der Waals surface area contributed by atoms with Crippen molar-refractivity contribution in [1.82, 2.24) is 10.2 Å². The second kappa shape index (κ2) is 8.62. The molecule has 0 saturated carbocycles. The van der Waals surface area contributed by atoms with Gasteiger partial charge in [-0.1, -0.05) is 36.4 Å². The summed E-state index contributed by atoms with van der Waals surface area (Å²) in [5, 5.41) is 5.01. The lowest BCUT2D eigenvalue weighted by atomic mass is 9.96. The molecule has 1 N–H and O–H groups in total. The van der Waals surface area contributed by atoms with Crippen molar-refractivity contribution >= 4 is 29.2 Å². The minimum atomic E-state index is 0.00196. The highest BCUT2D eigenvalue weighted by Crippen LogP contribution is 2.18. The van der Waals surface area contributed by atoms with E-state index in [0.717, 1.165) is 23.3 Å². The van der Waals surface area contributed by atoms with Crippen LogP contribution in [0.15, 0.2) is 53.9 Å². The molecule has 0 spiro atoms. The highest BCUT2D eigenvalue weighted by molar-refractivity contribution is 7.09. The van der Waals surface area contributed by atoms with E-state index in [4.69, 9.17) is 0 Å². The smallest absolute Gasteiger partial charge is 0.246 e. The molecule has 1 aromatic carbocycles. The third kappa shape index (κ3) is 5.03. The molecule has 4 nitrogen and oxygen atoms in total. The maximum Gasteiger partial charge on any atom is 0.246 e. The predicted octanol–water partition coefficient (Wildman–Crippen LogP) is 3.32. The topological polar surface area (TPSA) is 49.4 Å². The largest absolute Gasteiger partial charge is 0.351 e. The molecule has 0 unspecified atom stereocenters. The molecule has 130 valence electrons. The summed E-state index contributed by atoms with van der Waals surface area (Å²) in [6.45, 7) is 1.86. The van der Waals surface area contributed by atoms with Gasteiger partial charge in [0.1, 0.15) is 0 Å². The fraction of sp³-hybridized carbons (Fsp3) is 0.300. The van der Waals surface area contributed by atoms with E-state index in [2.05, 4.69) is 5.32 Å². The molecule has 1 saturated heterocycles. The molecule has 1 aliphatic rings. The molecule has 1 aromatic heterocycles. The molecule has 0 aliphatic carbocycles. The summed E-state index contributed by atoms with van der Waals surface area (Å²) in [6.07, 6.45) is 4.90. The third-order valence-electron chi connectivity index (χ3n) is 4.41. The first-order valence-corrected chi connectivity index (χ1v) is 9.42. The molecule has 1 fully saturated rings. The summed E-state index contributed by atoms with van der Waals surface area (Å²) >= 11 is 1.64. The van der Waals surface area contributed by atoms with Crippen molar-refractivity contribution in [3.63, 3.8) is 0 Å². The molecular weight excluding hydrogens is 332 g/mol. The van der Waals surface area contributed by atoms with Gasteiger partial charge < -0.3 is 10.2 Å². The molecule has 0 atom stereocenters. The Kier molecular flexibility index (Phi) is 6.01. The fourth-order valence-corrected chi connectivity index (χ4v) is 3.58. The van der Waals surface area contributed by atoms with Crippen LogP contribution in [0.2, 0.25) is 0 Å². The maximum absolute atomic E-state index is 12.3. The zero-order valence-electron chi connectivity index (χ0n) is 14.1. The van der Waals surface area contributed by atoms with Crippen LogP contribution in [0.5, 0.6) is 0 Å². The van der Waals surface area contributed by atoms with E-state index in [1.807, 2.05) is 58.8 Å². The number of amides is 2. The van der Waals surface area contributed by atoms with Gasteiger partial charge in [-0.25, -0.2) is 0 Å². The van der Waals surface area contributed by atoms with E-state index in [-0.39, 0.29) is 17.7 Å². The molecule has 2 heterocycles. The number of nitrogens with zero attached hydrogens (tertiary/aromatic N) is 1. The van der Waals surface area contributed by atoms with Crippen LogP contribution in [0, 0.1) is 5.92 Å². The molecule has 5 heteroatoms. The van der Waals surface area contributed by atoms with Crippen LogP contribution in [0.4, 0.5) is 0 Å². The van der Waals surface area contributed by atoms with Crippen molar-refractivity contribution in [3.8, 4) is 0 Å². The van der Waals surface area contributed by atoms with Crippen molar-refractivity contribution in [2.75, 3.05) is 13.1 Å². The van der Waals surface area contributed by atoms with E-state index in [0.29, 0.717) is 19.6 Å². The zero-order chi connectivity index (χ0) is 17.5. The van der Waals surface area contributed by atoms with Crippen molar-refractivity contribution < 1.29 is 9.59 Å². The highest BCUT2D eigenvalue weighted by Gasteiger charge is 2.26. The quantitative estimate of drug-likeness (QED) is 0.838. The van der Waals surface area contributed by atoms with Crippen LogP contribution in [-0.2, 0) is 16.1 Å². The van der Waals surface area contributed by atoms with Gasteiger partial charge in [0.15, 0.2) is 0 Å². The number of carbonyl (C=O) groups is 2. The third-order valence-corrected chi connectivity index (χ3v) is 5.29. The van der Waals surface area contributed by atoms with Crippen molar-refractivity contribution in [1.29, 1.82) is 0 Å². The number of carbonyl (C=O) groups excluding carboxylic acids is 2. The van der Waals surface area contributed by atoms with Gasteiger partial charge in [0.25, 0.3) is 0 Å². The zero-order valence-corrected chi connectivity index (χ0v) is 14.9. The monoisotopic (exact) mass is 354 g/mol. The number of rotatable bonds is 5. The second-order valence-electron chi connectivity index (χ2n) is 6.14. The van der Waals surface area contributed by atoms with E-state index in [9.17, 15) is 9.59 Å². The Morgan fingerprint density at radius 3 is 2.56 bits per heavy atom. The molecule has 2 aromatic rings. The second-order valence-corrected chi connectivity index (χ2v) is 7.17. The van der Waals surface area contributed by atoms with Gasteiger partial charge >= 0.3 is 0 Å². The van der Waals surface area contributed by atoms with Gasteiger partial charge in [-0.3, -0.25) is 9.59 Å². The lowest BCUT2D eigenvalue weighted by Gasteiger charge is -2.30. The Morgan fingerprint density at radius 1 is 1.12 bits per heavy atom. The van der Waals surface area contributed by atoms with Crippen LogP contribution in [-0.4, -0.2) is 29.8 Å². The summed E-state index contributed by atoms with van der Waals surface area (Å²) in [7, 11) is 0. The Morgan fingerprint density at radius 2 is 1.88 bits per heavy atom. The van der Waals surface area contributed by atoms with Crippen LogP contribution in [0.1, 0.15) is 23.3 Å². The number of hydrogen-bond acceptors (Lipinski definition) is 3. The van der Waals surface area contributed by atoms with Gasteiger partial charge in [-0.05, 0) is 35.9 Å². The first-order valence-electron chi connectivity index (χ1n) is 8.54. The molecule has 0 bridgehead atoms. The number of hydrogen-bond donors (Lipinski definition) is 1.